The first-order valence-corrected chi connectivity index (χ1v) is 7.25. The molecule has 3 heteroatoms. The van der Waals surface area contributed by atoms with E-state index in [9.17, 15) is 4.79 Å². The van der Waals surface area contributed by atoms with Crippen LogP contribution < -0.4 is 4.90 Å². The molecule has 3 nitrogen and oxygen atoms in total. The Kier molecular flexibility index (Phi) is 4.48. The Hall–Kier alpha value is -1.77. The van der Waals surface area contributed by atoms with Gasteiger partial charge in [-0.2, -0.15) is 0 Å². The maximum absolute atomic E-state index is 10.6. The molecule has 0 aliphatic carbocycles. The van der Waals surface area contributed by atoms with Crippen LogP contribution in [0.5, 0.6) is 0 Å². The molecule has 1 aromatic rings. The van der Waals surface area contributed by atoms with Crippen LogP contribution in [0.25, 0.3) is 6.08 Å². The second-order valence-corrected chi connectivity index (χ2v) is 5.88. The van der Waals surface area contributed by atoms with Crippen molar-refractivity contribution in [2.75, 3.05) is 11.4 Å². The van der Waals surface area contributed by atoms with Crippen LogP contribution in [-0.4, -0.2) is 23.7 Å². The van der Waals surface area contributed by atoms with Crippen LogP contribution in [-0.2, 0) is 4.79 Å². The van der Waals surface area contributed by atoms with E-state index in [0.717, 1.165) is 23.6 Å². The highest BCUT2D eigenvalue weighted by atomic mass is 16.4. The number of rotatable bonds is 3. The quantitative estimate of drug-likeness (QED) is 0.853. The number of carboxylic acids is 1. The minimum Gasteiger partial charge on any atom is -0.478 e. The monoisotopic (exact) mass is 273 g/mol. The second-order valence-electron chi connectivity index (χ2n) is 5.88. The predicted octanol–water partition coefficient (Wildman–Crippen LogP) is 3.72. The summed E-state index contributed by atoms with van der Waals surface area (Å²) in [5, 5.41) is 8.69. The Morgan fingerprint density at radius 2 is 2.15 bits per heavy atom. The topological polar surface area (TPSA) is 40.5 Å². The average molecular weight is 273 g/mol. The van der Waals surface area contributed by atoms with Gasteiger partial charge in [0.05, 0.1) is 0 Å². The second kappa shape index (κ2) is 6.12. The third-order valence-electron chi connectivity index (χ3n) is 4.13. The lowest BCUT2D eigenvalue weighted by Crippen LogP contribution is -2.40. The van der Waals surface area contributed by atoms with Gasteiger partial charge in [-0.05, 0) is 61.9 Å². The molecule has 1 aliphatic heterocycles. The average Bonchev–Trinajstić information content (AvgIpc) is 2.37. The van der Waals surface area contributed by atoms with E-state index in [1.54, 1.807) is 6.08 Å². The van der Waals surface area contributed by atoms with Gasteiger partial charge in [-0.3, -0.25) is 0 Å². The molecule has 1 aliphatic rings. The third kappa shape index (κ3) is 3.41. The lowest BCUT2D eigenvalue weighted by molar-refractivity contribution is -0.131. The fraction of sp³-hybridized carbons (Fsp3) is 0.471. The van der Waals surface area contributed by atoms with E-state index in [1.165, 1.54) is 24.6 Å². The Labute approximate surface area is 120 Å². The van der Waals surface area contributed by atoms with Crippen LogP contribution in [0.4, 0.5) is 5.69 Å². The summed E-state index contributed by atoms with van der Waals surface area (Å²) >= 11 is 0. The van der Waals surface area contributed by atoms with Crippen LogP contribution in [0.1, 0.15) is 37.8 Å². The number of aryl methyl sites for hydroxylation is 1. The Morgan fingerprint density at radius 1 is 1.40 bits per heavy atom. The fourth-order valence-corrected chi connectivity index (χ4v) is 2.98. The van der Waals surface area contributed by atoms with Crippen molar-refractivity contribution < 1.29 is 9.90 Å². The first-order chi connectivity index (χ1) is 9.47. The van der Waals surface area contributed by atoms with Gasteiger partial charge in [0.25, 0.3) is 0 Å². The van der Waals surface area contributed by atoms with Gasteiger partial charge in [0, 0.05) is 24.4 Å². The molecule has 0 bridgehead atoms. The highest BCUT2D eigenvalue weighted by molar-refractivity contribution is 5.85. The largest absolute Gasteiger partial charge is 0.478 e. The lowest BCUT2D eigenvalue weighted by Gasteiger charge is -2.38. The summed E-state index contributed by atoms with van der Waals surface area (Å²) < 4.78 is 0. The standard InChI is InChI=1S/C17H23NO2/c1-12-8-9-18(14(3)10-12)16-6-4-15(13(2)11-16)5-7-17(19)20/h4-7,11-12,14H,8-10H2,1-3H3,(H,19,20). The van der Waals surface area contributed by atoms with Crippen molar-refractivity contribution in [2.45, 2.75) is 39.7 Å². The molecule has 1 N–H and O–H groups in total. The molecule has 108 valence electrons. The Bertz CT molecular complexity index is 522. The molecule has 2 unspecified atom stereocenters. The summed E-state index contributed by atoms with van der Waals surface area (Å²) in [4.78, 5) is 13.0. The molecule has 0 amide bonds. The SMILES string of the molecule is Cc1cc(N2CCC(C)CC2C)ccc1C=CC(=O)O. The number of hydrogen-bond acceptors (Lipinski definition) is 2. The van der Waals surface area contributed by atoms with Crippen molar-refractivity contribution in [3.63, 3.8) is 0 Å². The minimum absolute atomic E-state index is 0.568. The van der Waals surface area contributed by atoms with Crippen molar-refractivity contribution in [3.8, 4) is 0 Å². The van der Waals surface area contributed by atoms with Gasteiger partial charge in [-0.25, -0.2) is 4.79 Å². The number of benzene rings is 1. The van der Waals surface area contributed by atoms with Crippen molar-refractivity contribution in [3.05, 3.63) is 35.4 Å². The highest BCUT2D eigenvalue weighted by Crippen LogP contribution is 2.29. The number of carbonyl (C=O) groups is 1. The maximum Gasteiger partial charge on any atom is 0.328 e. The van der Waals surface area contributed by atoms with E-state index >= 15 is 0 Å². The van der Waals surface area contributed by atoms with Gasteiger partial charge in [0.15, 0.2) is 0 Å². The van der Waals surface area contributed by atoms with Crippen molar-refractivity contribution >= 4 is 17.7 Å². The van der Waals surface area contributed by atoms with E-state index in [-0.39, 0.29) is 0 Å². The number of piperidine rings is 1. The Morgan fingerprint density at radius 3 is 2.75 bits per heavy atom. The zero-order chi connectivity index (χ0) is 14.7. The highest BCUT2D eigenvalue weighted by Gasteiger charge is 2.23. The maximum atomic E-state index is 10.6. The molecular formula is C17H23NO2. The number of hydrogen-bond donors (Lipinski definition) is 1. The first-order valence-electron chi connectivity index (χ1n) is 7.25. The molecule has 0 radical (unpaired) electrons. The van der Waals surface area contributed by atoms with E-state index in [1.807, 2.05) is 13.0 Å². The predicted molar refractivity (Wildman–Crippen MR) is 83.1 cm³/mol. The van der Waals surface area contributed by atoms with Gasteiger partial charge < -0.3 is 10.0 Å². The summed E-state index contributed by atoms with van der Waals surface area (Å²) in [6.07, 6.45) is 5.32. The smallest absolute Gasteiger partial charge is 0.328 e. The van der Waals surface area contributed by atoms with Gasteiger partial charge in [-0.15, -0.1) is 0 Å². The van der Waals surface area contributed by atoms with E-state index < -0.39 is 5.97 Å². The zero-order valence-corrected chi connectivity index (χ0v) is 12.5. The van der Waals surface area contributed by atoms with Crippen molar-refractivity contribution in [1.29, 1.82) is 0 Å². The van der Waals surface area contributed by atoms with Gasteiger partial charge in [0.1, 0.15) is 0 Å². The minimum atomic E-state index is -0.910. The first kappa shape index (κ1) is 14.6. The molecule has 1 saturated heterocycles. The zero-order valence-electron chi connectivity index (χ0n) is 12.5. The normalized spacial score (nSPS) is 23.2. The van der Waals surface area contributed by atoms with Crippen LogP contribution in [0.3, 0.4) is 0 Å². The van der Waals surface area contributed by atoms with E-state index in [4.69, 9.17) is 5.11 Å². The molecule has 0 aromatic heterocycles. The van der Waals surface area contributed by atoms with Gasteiger partial charge in [-0.1, -0.05) is 13.0 Å². The Balaban J connectivity index is 2.18. The number of nitrogens with zero attached hydrogens (tertiary/aromatic N) is 1. The van der Waals surface area contributed by atoms with E-state index in [0.29, 0.717) is 6.04 Å². The molecule has 2 rings (SSSR count). The fourth-order valence-electron chi connectivity index (χ4n) is 2.98. The number of carboxylic acid groups (broad SMARTS) is 1. The summed E-state index contributed by atoms with van der Waals surface area (Å²) in [5.74, 6) is -0.104. The number of anilines is 1. The molecule has 20 heavy (non-hydrogen) atoms. The van der Waals surface area contributed by atoms with Gasteiger partial charge >= 0.3 is 5.97 Å². The van der Waals surface area contributed by atoms with E-state index in [2.05, 4.69) is 30.9 Å². The summed E-state index contributed by atoms with van der Waals surface area (Å²) in [7, 11) is 0. The lowest BCUT2D eigenvalue weighted by atomic mass is 9.92. The summed E-state index contributed by atoms with van der Waals surface area (Å²) in [5.41, 5.74) is 3.33. The molecule has 1 aromatic carbocycles. The van der Waals surface area contributed by atoms with Crippen LogP contribution in [0.15, 0.2) is 24.3 Å². The number of aliphatic carboxylic acids is 1. The molecular weight excluding hydrogens is 250 g/mol. The molecule has 1 heterocycles. The summed E-state index contributed by atoms with van der Waals surface area (Å²) in [6.45, 7) is 7.73. The molecule has 0 saturated carbocycles. The summed E-state index contributed by atoms with van der Waals surface area (Å²) in [6, 6.07) is 6.84. The van der Waals surface area contributed by atoms with Crippen molar-refractivity contribution in [1.82, 2.24) is 0 Å². The molecule has 2 atom stereocenters. The van der Waals surface area contributed by atoms with Gasteiger partial charge in [0.2, 0.25) is 0 Å². The third-order valence-corrected chi connectivity index (χ3v) is 4.13. The molecule has 0 spiro atoms. The van der Waals surface area contributed by atoms with Crippen LogP contribution in [0, 0.1) is 12.8 Å². The van der Waals surface area contributed by atoms with Crippen LogP contribution >= 0.6 is 0 Å². The van der Waals surface area contributed by atoms with Crippen LogP contribution in [0.2, 0.25) is 0 Å². The molecule has 1 fully saturated rings. The van der Waals surface area contributed by atoms with Crippen molar-refractivity contribution in [2.24, 2.45) is 5.92 Å².